The first-order chi connectivity index (χ1) is 9.08. The Morgan fingerprint density at radius 3 is 2.74 bits per heavy atom. The van der Waals surface area contributed by atoms with Crippen molar-refractivity contribution < 1.29 is 14.6 Å². The molecule has 0 radical (unpaired) electrons. The molecular formula is C14H18ClNO3. The number of nitrogens with one attached hydrogen (secondary N) is 1. The van der Waals surface area contributed by atoms with Gasteiger partial charge in [-0.05, 0) is 31.0 Å². The molecule has 1 heterocycles. The average Bonchev–Trinajstić information content (AvgIpc) is 2.92. The summed E-state index contributed by atoms with van der Waals surface area (Å²) < 4.78 is 5.18. The fraction of sp³-hybridized carbons (Fsp3) is 0.500. The molecule has 0 spiro atoms. The van der Waals surface area contributed by atoms with Crippen molar-refractivity contribution in [1.29, 1.82) is 0 Å². The number of hydrogen-bond acceptors (Lipinski definition) is 3. The number of ether oxygens (including phenoxy) is 1. The van der Waals surface area contributed by atoms with Gasteiger partial charge in [0.1, 0.15) is 0 Å². The predicted octanol–water partition coefficient (Wildman–Crippen LogP) is 1.91. The van der Waals surface area contributed by atoms with Crippen molar-refractivity contribution in [2.75, 3.05) is 13.2 Å². The van der Waals surface area contributed by atoms with Crippen molar-refractivity contribution in [3.8, 4) is 0 Å². The van der Waals surface area contributed by atoms with Crippen molar-refractivity contribution >= 4 is 17.5 Å². The van der Waals surface area contributed by atoms with E-state index in [0.29, 0.717) is 18.2 Å². The average molecular weight is 284 g/mol. The summed E-state index contributed by atoms with van der Waals surface area (Å²) in [6.07, 6.45) is -0.00110. The van der Waals surface area contributed by atoms with Gasteiger partial charge in [0.05, 0.1) is 24.7 Å². The first-order valence-corrected chi connectivity index (χ1v) is 6.77. The van der Waals surface area contributed by atoms with E-state index in [4.69, 9.17) is 16.3 Å². The highest BCUT2D eigenvalue weighted by atomic mass is 35.5. The lowest BCUT2D eigenvalue weighted by molar-refractivity contribution is -0.126. The second-order valence-electron chi connectivity index (χ2n) is 4.85. The maximum Gasteiger partial charge on any atom is 0.225 e. The minimum Gasteiger partial charge on any atom is -0.386 e. The van der Waals surface area contributed by atoms with Crippen molar-refractivity contribution in [3.63, 3.8) is 0 Å². The molecule has 1 aliphatic rings. The van der Waals surface area contributed by atoms with Crippen LogP contribution in [0.5, 0.6) is 0 Å². The van der Waals surface area contributed by atoms with Crippen LogP contribution in [0.4, 0.5) is 0 Å². The minimum atomic E-state index is -0.747. The molecule has 0 aromatic heterocycles. The fourth-order valence-corrected chi connectivity index (χ4v) is 2.24. The van der Waals surface area contributed by atoms with E-state index < -0.39 is 6.10 Å². The van der Waals surface area contributed by atoms with Crippen molar-refractivity contribution in [2.24, 2.45) is 5.92 Å². The second kappa shape index (κ2) is 6.37. The normalized spacial score (nSPS) is 21.9. The number of amides is 1. The third kappa shape index (κ3) is 3.69. The maximum absolute atomic E-state index is 11.9. The topological polar surface area (TPSA) is 58.6 Å². The summed E-state index contributed by atoms with van der Waals surface area (Å²) in [5, 5.41) is 13.6. The monoisotopic (exact) mass is 283 g/mol. The van der Waals surface area contributed by atoms with Gasteiger partial charge in [0.2, 0.25) is 5.91 Å². The van der Waals surface area contributed by atoms with Crippen LogP contribution in [0.2, 0.25) is 5.02 Å². The molecule has 1 amide bonds. The van der Waals surface area contributed by atoms with Gasteiger partial charge in [0.25, 0.3) is 0 Å². The van der Waals surface area contributed by atoms with Crippen LogP contribution in [0, 0.1) is 5.92 Å². The highest BCUT2D eigenvalue weighted by Gasteiger charge is 2.26. The lowest BCUT2D eigenvalue weighted by Gasteiger charge is -2.22. The van der Waals surface area contributed by atoms with Crippen LogP contribution in [0.1, 0.15) is 25.0 Å². The summed E-state index contributed by atoms with van der Waals surface area (Å²) >= 11 is 5.80. The van der Waals surface area contributed by atoms with Gasteiger partial charge in [-0.3, -0.25) is 4.79 Å². The third-order valence-corrected chi connectivity index (χ3v) is 3.61. The van der Waals surface area contributed by atoms with Crippen LogP contribution < -0.4 is 5.32 Å². The lowest BCUT2D eigenvalue weighted by Crippen LogP contribution is -2.40. The molecule has 1 fully saturated rings. The summed E-state index contributed by atoms with van der Waals surface area (Å²) in [4.78, 5) is 11.9. The third-order valence-electron chi connectivity index (χ3n) is 3.36. The highest BCUT2D eigenvalue weighted by Crippen LogP contribution is 2.20. The number of carbonyl (C=O) groups excluding carboxylic acids is 1. The molecule has 0 saturated carbocycles. The molecular weight excluding hydrogens is 266 g/mol. The number of hydrogen-bond donors (Lipinski definition) is 2. The van der Waals surface area contributed by atoms with Gasteiger partial charge in [-0.25, -0.2) is 0 Å². The Balaban J connectivity index is 1.93. The Kier molecular flexibility index (Phi) is 4.80. The summed E-state index contributed by atoms with van der Waals surface area (Å²) in [7, 11) is 0. The molecule has 1 aromatic carbocycles. The Labute approximate surface area is 117 Å². The molecule has 0 bridgehead atoms. The van der Waals surface area contributed by atoms with E-state index in [1.54, 1.807) is 31.2 Å². The van der Waals surface area contributed by atoms with Crippen molar-refractivity contribution in [1.82, 2.24) is 5.32 Å². The van der Waals surface area contributed by atoms with E-state index in [1.807, 2.05) is 0 Å². The van der Waals surface area contributed by atoms with E-state index in [-0.39, 0.29) is 17.9 Å². The first-order valence-electron chi connectivity index (χ1n) is 6.39. The number of aliphatic hydroxyl groups is 1. The number of aliphatic hydroxyl groups excluding tert-OH is 1. The number of carbonyl (C=O) groups is 1. The quantitative estimate of drug-likeness (QED) is 0.887. The number of rotatable bonds is 4. The Bertz CT molecular complexity index is 429. The van der Waals surface area contributed by atoms with Gasteiger partial charge in [-0.15, -0.1) is 0 Å². The molecule has 3 unspecified atom stereocenters. The van der Waals surface area contributed by atoms with Gasteiger partial charge < -0.3 is 15.2 Å². The fourth-order valence-electron chi connectivity index (χ4n) is 2.11. The largest absolute Gasteiger partial charge is 0.386 e. The van der Waals surface area contributed by atoms with E-state index in [9.17, 15) is 9.90 Å². The van der Waals surface area contributed by atoms with Crippen molar-refractivity contribution in [2.45, 2.75) is 25.5 Å². The van der Waals surface area contributed by atoms with E-state index in [2.05, 4.69) is 5.32 Å². The van der Waals surface area contributed by atoms with Gasteiger partial charge in [0.15, 0.2) is 0 Å². The SMILES string of the molecule is CC(NC(=O)C1CCOC1)C(O)c1ccc(Cl)cc1. The van der Waals surface area contributed by atoms with Gasteiger partial charge in [0, 0.05) is 11.6 Å². The predicted molar refractivity (Wildman–Crippen MR) is 72.9 cm³/mol. The van der Waals surface area contributed by atoms with Crippen molar-refractivity contribution in [3.05, 3.63) is 34.9 Å². The molecule has 5 heteroatoms. The second-order valence-corrected chi connectivity index (χ2v) is 5.29. The molecule has 2 rings (SSSR count). The van der Waals surface area contributed by atoms with Crippen LogP contribution in [-0.4, -0.2) is 30.3 Å². The standard InChI is InChI=1S/C14H18ClNO3/c1-9(16-14(18)11-6-7-19-8-11)13(17)10-2-4-12(15)5-3-10/h2-5,9,11,13,17H,6-8H2,1H3,(H,16,18). The van der Waals surface area contributed by atoms with Crippen LogP contribution in [0.25, 0.3) is 0 Å². The zero-order valence-corrected chi connectivity index (χ0v) is 11.6. The van der Waals surface area contributed by atoms with Crippen LogP contribution in [0.3, 0.4) is 0 Å². The number of benzene rings is 1. The molecule has 1 aromatic rings. The summed E-state index contributed by atoms with van der Waals surface area (Å²) in [5.74, 6) is -0.155. The Hall–Kier alpha value is -1.10. The minimum absolute atomic E-state index is 0.0574. The van der Waals surface area contributed by atoms with Crippen LogP contribution in [-0.2, 0) is 9.53 Å². The van der Waals surface area contributed by atoms with Gasteiger partial charge >= 0.3 is 0 Å². The lowest BCUT2D eigenvalue weighted by atomic mass is 10.0. The molecule has 104 valence electrons. The van der Waals surface area contributed by atoms with Crippen LogP contribution >= 0.6 is 11.6 Å². The molecule has 0 aliphatic carbocycles. The van der Waals surface area contributed by atoms with Gasteiger partial charge in [-0.1, -0.05) is 23.7 Å². The zero-order chi connectivity index (χ0) is 13.8. The number of halogens is 1. The first kappa shape index (κ1) is 14.3. The van der Waals surface area contributed by atoms with E-state index in [0.717, 1.165) is 12.0 Å². The molecule has 19 heavy (non-hydrogen) atoms. The summed E-state index contributed by atoms with van der Waals surface area (Å²) in [5.41, 5.74) is 0.736. The summed E-state index contributed by atoms with van der Waals surface area (Å²) in [6, 6.07) is 6.61. The van der Waals surface area contributed by atoms with E-state index >= 15 is 0 Å². The molecule has 3 atom stereocenters. The smallest absolute Gasteiger partial charge is 0.225 e. The Morgan fingerprint density at radius 2 is 2.16 bits per heavy atom. The zero-order valence-electron chi connectivity index (χ0n) is 10.8. The summed E-state index contributed by atoms with van der Waals surface area (Å²) in [6.45, 7) is 2.88. The Morgan fingerprint density at radius 1 is 1.47 bits per heavy atom. The van der Waals surface area contributed by atoms with Gasteiger partial charge in [-0.2, -0.15) is 0 Å². The highest BCUT2D eigenvalue weighted by molar-refractivity contribution is 6.30. The maximum atomic E-state index is 11.9. The molecule has 2 N–H and O–H groups in total. The molecule has 1 saturated heterocycles. The molecule has 1 aliphatic heterocycles. The molecule has 4 nitrogen and oxygen atoms in total. The van der Waals surface area contributed by atoms with E-state index in [1.165, 1.54) is 0 Å². The van der Waals surface area contributed by atoms with Crippen LogP contribution in [0.15, 0.2) is 24.3 Å².